The number of fused-ring (bicyclic) bond motifs is 1. The van der Waals surface area contributed by atoms with Crippen LogP contribution in [0.25, 0.3) is 22.2 Å². The lowest BCUT2D eigenvalue weighted by Gasteiger charge is -2.13. The Kier molecular flexibility index (Phi) is 5.50. The first-order valence-electron chi connectivity index (χ1n) is 9.65. The Morgan fingerprint density at radius 3 is 2.66 bits per heavy atom. The van der Waals surface area contributed by atoms with Crippen LogP contribution < -0.4 is 10.1 Å². The van der Waals surface area contributed by atoms with Gasteiger partial charge in [0.1, 0.15) is 23.4 Å². The van der Waals surface area contributed by atoms with E-state index in [1.54, 1.807) is 37.3 Å². The van der Waals surface area contributed by atoms with Crippen LogP contribution in [0, 0.1) is 15.9 Å². The van der Waals surface area contributed by atoms with Gasteiger partial charge in [-0.25, -0.2) is 9.37 Å². The number of H-pyrrole nitrogens is 1. The first kappa shape index (κ1) is 20.9. The number of benzene rings is 2. The Hall–Kier alpha value is -4.34. The van der Waals surface area contributed by atoms with E-state index in [-0.39, 0.29) is 11.7 Å². The quantitative estimate of drug-likeness (QED) is 0.346. The Morgan fingerprint density at radius 1 is 1.22 bits per heavy atom. The Morgan fingerprint density at radius 2 is 1.97 bits per heavy atom. The van der Waals surface area contributed by atoms with E-state index in [2.05, 4.69) is 20.3 Å². The van der Waals surface area contributed by atoms with Gasteiger partial charge in [0.05, 0.1) is 11.1 Å². The summed E-state index contributed by atoms with van der Waals surface area (Å²) in [6.45, 7) is 1.67. The van der Waals surface area contributed by atoms with Crippen molar-refractivity contribution in [3.8, 4) is 16.9 Å². The average Bonchev–Trinajstić information content (AvgIpc) is 3.23. The molecular formula is C22H18FN5O4. The van der Waals surface area contributed by atoms with Gasteiger partial charge < -0.3 is 25.2 Å². The first-order valence-corrected chi connectivity index (χ1v) is 9.65. The number of carbonyl (C=O) groups excluding carboxylic acids is 1. The molecule has 0 aliphatic rings. The number of aromatic nitrogens is 3. The number of aromatic amines is 1. The summed E-state index contributed by atoms with van der Waals surface area (Å²) in [4.78, 5) is 34.4. The molecule has 2 heterocycles. The van der Waals surface area contributed by atoms with Gasteiger partial charge in [-0.15, -0.1) is 0 Å². The van der Waals surface area contributed by atoms with Gasteiger partial charge in [0.25, 0.3) is 5.91 Å². The number of pyridine rings is 1. The van der Waals surface area contributed by atoms with Crippen LogP contribution in [0.4, 0.5) is 10.2 Å². The topological polar surface area (TPSA) is 123 Å². The largest absolute Gasteiger partial charge is 0.474 e. The number of hydrogen-bond donors (Lipinski definition) is 2. The van der Waals surface area contributed by atoms with Crippen LogP contribution in [0.3, 0.4) is 0 Å². The number of para-hydroxylation sites is 1. The highest BCUT2D eigenvalue weighted by molar-refractivity contribution is 6.04. The van der Waals surface area contributed by atoms with E-state index in [1.165, 1.54) is 31.4 Å². The fourth-order valence-electron chi connectivity index (χ4n) is 3.27. The van der Waals surface area contributed by atoms with Crippen molar-refractivity contribution >= 4 is 22.8 Å². The molecule has 2 aromatic heterocycles. The number of nitro groups is 1. The van der Waals surface area contributed by atoms with E-state index in [0.717, 1.165) is 0 Å². The summed E-state index contributed by atoms with van der Waals surface area (Å²) in [5.41, 5.74) is 2.65. The fourth-order valence-corrected chi connectivity index (χ4v) is 3.27. The first-order chi connectivity index (χ1) is 15.4. The predicted octanol–water partition coefficient (Wildman–Crippen LogP) is 4.17. The second-order valence-corrected chi connectivity index (χ2v) is 6.97. The SMILES string of the molecule is CNC(=O)c1cccc2[nH]c(C(C)Oc3cc(-c4ccc(F)cc4)cnc3[N+](=O)[O-])nc12. The molecule has 1 amide bonds. The van der Waals surface area contributed by atoms with Crippen LogP contribution in [-0.2, 0) is 0 Å². The van der Waals surface area contributed by atoms with Crippen LogP contribution in [0.5, 0.6) is 5.75 Å². The van der Waals surface area contributed by atoms with Gasteiger partial charge in [-0.2, -0.15) is 0 Å². The van der Waals surface area contributed by atoms with E-state index < -0.39 is 22.7 Å². The van der Waals surface area contributed by atoms with E-state index in [1.807, 2.05) is 0 Å². The van der Waals surface area contributed by atoms with Crippen LogP contribution in [0.15, 0.2) is 54.7 Å². The second-order valence-electron chi connectivity index (χ2n) is 6.97. The zero-order valence-electron chi connectivity index (χ0n) is 17.1. The summed E-state index contributed by atoms with van der Waals surface area (Å²) in [5.74, 6) is -0.803. The maximum absolute atomic E-state index is 13.2. The molecule has 2 N–H and O–H groups in total. The molecule has 1 atom stereocenters. The molecule has 0 aliphatic carbocycles. The highest BCUT2D eigenvalue weighted by Gasteiger charge is 2.23. The molecule has 0 fully saturated rings. The molecule has 0 bridgehead atoms. The van der Waals surface area contributed by atoms with Gasteiger partial charge in [0, 0.05) is 18.7 Å². The molecule has 10 heteroatoms. The third-order valence-electron chi connectivity index (χ3n) is 4.87. The van der Waals surface area contributed by atoms with Gasteiger partial charge in [-0.3, -0.25) is 4.79 Å². The normalized spacial score (nSPS) is 11.8. The lowest BCUT2D eigenvalue weighted by molar-refractivity contribution is -0.390. The van der Waals surface area contributed by atoms with Gasteiger partial charge >= 0.3 is 5.82 Å². The Labute approximate surface area is 181 Å². The van der Waals surface area contributed by atoms with Gasteiger partial charge in [-0.1, -0.05) is 18.2 Å². The Balaban J connectivity index is 1.69. The van der Waals surface area contributed by atoms with Gasteiger partial charge in [0.15, 0.2) is 6.10 Å². The number of hydrogen-bond acceptors (Lipinski definition) is 6. The van der Waals surface area contributed by atoms with Gasteiger partial charge in [-0.05, 0) is 46.7 Å². The fraction of sp³-hybridized carbons (Fsp3) is 0.136. The minimum atomic E-state index is -0.719. The second kappa shape index (κ2) is 8.42. The van der Waals surface area contributed by atoms with Crippen molar-refractivity contribution < 1.29 is 18.8 Å². The number of rotatable bonds is 6. The summed E-state index contributed by atoms with van der Waals surface area (Å²) in [6.07, 6.45) is 0.614. The molecule has 9 nitrogen and oxygen atoms in total. The Bertz CT molecular complexity index is 1320. The maximum Gasteiger partial charge on any atom is 0.406 e. The number of ether oxygens (including phenoxy) is 1. The highest BCUT2D eigenvalue weighted by Crippen LogP contribution is 2.33. The minimum Gasteiger partial charge on any atom is -0.474 e. The highest BCUT2D eigenvalue weighted by atomic mass is 19.1. The molecule has 4 aromatic rings. The molecule has 2 aromatic carbocycles. The lowest BCUT2D eigenvalue weighted by Crippen LogP contribution is -2.18. The molecular weight excluding hydrogens is 417 g/mol. The third-order valence-corrected chi connectivity index (χ3v) is 4.87. The van der Waals surface area contributed by atoms with Crippen molar-refractivity contribution in [2.24, 2.45) is 0 Å². The third kappa shape index (κ3) is 3.97. The molecule has 32 heavy (non-hydrogen) atoms. The van der Waals surface area contributed by atoms with Crippen LogP contribution in [0.1, 0.15) is 29.2 Å². The van der Waals surface area contributed by atoms with E-state index >= 15 is 0 Å². The smallest absolute Gasteiger partial charge is 0.406 e. The molecule has 0 saturated heterocycles. The van der Waals surface area contributed by atoms with E-state index in [4.69, 9.17) is 4.74 Å². The van der Waals surface area contributed by atoms with Crippen LogP contribution in [0.2, 0.25) is 0 Å². The number of halogens is 1. The number of imidazole rings is 1. The predicted molar refractivity (Wildman–Crippen MR) is 115 cm³/mol. The maximum atomic E-state index is 13.2. The summed E-state index contributed by atoms with van der Waals surface area (Å²) >= 11 is 0. The molecule has 0 radical (unpaired) electrons. The summed E-state index contributed by atoms with van der Waals surface area (Å²) in [7, 11) is 1.53. The zero-order chi connectivity index (χ0) is 22.8. The molecule has 0 saturated carbocycles. The molecule has 162 valence electrons. The standard InChI is InChI=1S/C22H18FN5O4/c1-12(20-26-17-5-3-4-16(19(17)27-20)22(29)24-2)32-18-10-14(11-25-21(18)28(30)31)13-6-8-15(23)9-7-13/h3-12H,1-2H3,(H,24,29)(H,26,27). The number of nitrogens with one attached hydrogen (secondary N) is 2. The lowest BCUT2D eigenvalue weighted by atomic mass is 10.1. The summed E-state index contributed by atoms with van der Waals surface area (Å²) in [5, 5.41) is 14.0. The molecule has 1 unspecified atom stereocenters. The van der Waals surface area contributed by atoms with E-state index in [0.29, 0.717) is 33.5 Å². The number of amides is 1. The monoisotopic (exact) mass is 435 g/mol. The van der Waals surface area contributed by atoms with Crippen LogP contribution in [-0.4, -0.2) is 32.8 Å². The molecule has 0 aliphatic heterocycles. The van der Waals surface area contributed by atoms with Crippen molar-refractivity contribution in [1.82, 2.24) is 20.3 Å². The molecule has 4 rings (SSSR count). The summed E-state index contributed by atoms with van der Waals surface area (Å²) < 4.78 is 19.1. The van der Waals surface area contributed by atoms with E-state index in [9.17, 15) is 19.3 Å². The van der Waals surface area contributed by atoms with Crippen molar-refractivity contribution in [3.05, 3.63) is 82.0 Å². The van der Waals surface area contributed by atoms with Gasteiger partial charge in [0.2, 0.25) is 5.75 Å². The van der Waals surface area contributed by atoms with Crippen molar-refractivity contribution in [3.63, 3.8) is 0 Å². The van der Waals surface area contributed by atoms with Crippen molar-refractivity contribution in [2.45, 2.75) is 13.0 Å². The zero-order valence-corrected chi connectivity index (χ0v) is 17.1. The van der Waals surface area contributed by atoms with Crippen LogP contribution >= 0.6 is 0 Å². The number of carbonyl (C=O) groups is 1. The average molecular weight is 435 g/mol. The molecule has 0 spiro atoms. The van der Waals surface area contributed by atoms with Crippen molar-refractivity contribution in [2.75, 3.05) is 7.05 Å². The number of nitrogens with zero attached hydrogens (tertiary/aromatic N) is 3. The minimum absolute atomic E-state index is 0.0590. The van der Waals surface area contributed by atoms with Crippen molar-refractivity contribution in [1.29, 1.82) is 0 Å². The summed E-state index contributed by atoms with van der Waals surface area (Å²) in [6, 6.07) is 12.3.